The van der Waals surface area contributed by atoms with E-state index >= 15 is 0 Å². The SMILES string of the molecule is O=C(O)c1nsc2c1C=NCC2=O. The molecule has 0 aromatic carbocycles. The highest BCUT2D eigenvalue weighted by Crippen LogP contribution is 2.20. The van der Waals surface area contributed by atoms with Crippen LogP contribution in [0.25, 0.3) is 0 Å². The Morgan fingerprint density at radius 2 is 2.38 bits per heavy atom. The molecule has 0 amide bonds. The Kier molecular flexibility index (Phi) is 1.70. The molecule has 0 unspecified atom stereocenters. The van der Waals surface area contributed by atoms with Gasteiger partial charge in [0.15, 0.2) is 11.5 Å². The first-order valence-electron chi connectivity index (χ1n) is 3.46. The van der Waals surface area contributed by atoms with Crippen LogP contribution in [-0.4, -0.2) is 34.0 Å². The average molecular weight is 196 g/mol. The maximum atomic E-state index is 11.2. The van der Waals surface area contributed by atoms with Gasteiger partial charge in [0.25, 0.3) is 0 Å². The van der Waals surface area contributed by atoms with Gasteiger partial charge in [-0.05, 0) is 11.5 Å². The molecule has 1 N–H and O–H groups in total. The molecule has 0 fully saturated rings. The maximum Gasteiger partial charge on any atom is 0.356 e. The molecular weight excluding hydrogens is 192 g/mol. The predicted octanol–water partition coefficient (Wildman–Crippen LogP) is 0.457. The van der Waals surface area contributed by atoms with Crippen LogP contribution in [0, 0.1) is 0 Å². The van der Waals surface area contributed by atoms with Crippen LogP contribution in [0.2, 0.25) is 0 Å². The minimum Gasteiger partial charge on any atom is -0.476 e. The molecule has 2 rings (SSSR count). The van der Waals surface area contributed by atoms with Crippen molar-refractivity contribution < 1.29 is 14.7 Å². The maximum absolute atomic E-state index is 11.2. The lowest BCUT2D eigenvalue weighted by Gasteiger charge is -2.00. The molecule has 0 saturated heterocycles. The van der Waals surface area contributed by atoms with E-state index < -0.39 is 5.97 Å². The quantitative estimate of drug-likeness (QED) is 0.707. The number of ketones is 1. The number of aromatic nitrogens is 1. The largest absolute Gasteiger partial charge is 0.476 e. The van der Waals surface area contributed by atoms with Gasteiger partial charge in [-0.15, -0.1) is 0 Å². The van der Waals surface area contributed by atoms with Gasteiger partial charge < -0.3 is 5.11 Å². The van der Waals surface area contributed by atoms with E-state index in [0.717, 1.165) is 11.5 Å². The highest BCUT2D eigenvalue weighted by molar-refractivity contribution is 7.08. The standard InChI is InChI=1S/C7H4N2O3S/c10-4-2-8-1-3-5(7(11)12)9-13-6(3)4/h1H,2H2,(H,11,12). The number of aliphatic imine (C=N–C) groups is 1. The summed E-state index contributed by atoms with van der Waals surface area (Å²) >= 11 is 0.917. The van der Waals surface area contributed by atoms with E-state index in [1.807, 2.05) is 0 Å². The van der Waals surface area contributed by atoms with Crippen molar-refractivity contribution in [3.05, 3.63) is 16.1 Å². The van der Waals surface area contributed by atoms with Crippen molar-refractivity contribution in [3.8, 4) is 0 Å². The van der Waals surface area contributed by atoms with Gasteiger partial charge in [-0.3, -0.25) is 9.79 Å². The highest BCUT2D eigenvalue weighted by Gasteiger charge is 2.24. The van der Waals surface area contributed by atoms with Crippen molar-refractivity contribution in [2.24, 2.45) is 4.99 Å². The van der Waals surface area contributed by atoms with Gasteiger partial charge >= 0.3 is 5.97 Å². The number of rotatable bonds is 1. The van der Waals surface area contributed by atoms with E-state index in [1.54, 1.807) is 0 Å². The second-order valence-corrected chi connectivity index (χ2v) is 3.25. The molecular formula is C7H4N2O3S. The van der Waals surface area contributed by atoms with E-state index in [4.69, 9.17) is 5.11 Å². The molecule has 1 aromatic heterocycles. The van der Waals surface area contributed by atoms with Crippen LogP contribution in [0.4, 0.5) is 0 Å². The Morgan fingerprint density at radius 1 is 1.62 bits per heavy atom. The molecule has 1 aliphatic heterocycles. The molecule has 66 valence electrons. The predicted molar refractivity (Wildman–Crippen MR) is 45.9 cm³/mol. The summed E-state index contributed by atoms with van der Waals surface area (Å²) in [7, 11) is 0. The summed E-state index contributed by atoms with van der Waals surface area (Å²) < 4.78 is 3.68. The third kappa shape index (κ3) is 1.15. The van der Waals surface area contributed by atoms with Crippen LogP contribution >= 0.6 is 11.5 Å². The van der Waals surface area contributed by atoms with Crippen LogP contribution in [0.3, 0.4) is 0 Å². The lowest BCUT2D eigenvalue weighted by atomic mass is 10.1. The van der Waals surface area contributed by atoms with Gasteiger partial charge in [0.05, 0.1) is 0 Å². The van der Waals surface area contributed by atoms with Gasteiger partial charge in [-0.25, -0.2) is 4.79 Å². The van der Waals surface area contributed by atoms with Crippen LogP contribution < -0.4 is 0 Å². The number of aromatic carboxylic acids is 1. The fourth-order valence-electron chi connectivity index (χ4n) is 1.06. The van der Waals surface area contributed by atoms with Crippen molar-refractivity contribution in [2.75, 3.05) is 6.54 Å². The van der Waals surface area contributed by atoms with Gasteiger partial charge in [0, 0.05) is 11.8 Å². The third-order valence-electron chi connectivity index (χ3n) is 1.64. The Morgan fingerprint density at radius 3 is 3.08 bits per heavy atom. The number of carboxylic acids is 1. The summed E-state index contributed by atoms with van der Waals surface area (Å²) in [4.78, 5) is 25.9. The molecule has 13 heavy (non-hydrogen) atoms. The van der Waals surface area contributed by atoms with E-state index in [0.29, 0.717) is 10.4 Å². The first kappa shape index (κ1) is 8.06. The molecule has 6 heteroatoms. The van der Waals surface area contributed by atoms with Gasteiger partial charge in [-0.1, -0.05) is 0 Å². The lowest BCUT2D eigenvalue weighted by molar-refractivity contribution is 0.0691. The van der Waals surface area contributed by atoms with Crippen LogP contribution in [0.5, 0.6) is 0 Å². The Labute approximate surface area is 76.9 Å². The summed E-state index contributed by atoms with van der Waals surface area (Å²) in [5, 5.41) is 8.69. The van der Waals surface area contributed by atoms with Gasteiger partial charge in [0.2, 0.25) is 0 Å². The minimum atomic E-state index is -1.13. The summed E-state index contributed by atoms with van der Waals surface area (Å²) in [6.07, 6.45) is 1.39. The molecule has 0 aliphatic carbocycles. The van der Waals surface area contributed by atoms with Gasteiger partial charge in [0.1, 0.15) is 11.4 Å². The summed E-state index contributed by atoms with van der Waals surface area (Å²) in [6, 6.07) is 0. The number of hydrogen-bond acceptors (Lipinski definition) is 5. The zero-order chi connectivity index (χ0) is 9.42. The zero-order valence-corrected chi connectivity index (χ0v) is 7.17. The zero-order valence-electron chi connectivity index (χ0n) is 6.35. The second-order valence-electron chi connectivity index (χ2n) is 2.47. The Hall–Kier alpha value is -1.56. The number of fused-ring (bicyclic) bond motifs is 1. The molecule has 2 heterocycles. The number of carbonyl (C=O) groups excluding carboxylic acids is 1. The second kappa shape index (κ2) is 2.74. The van der Waals surface area contributed by atoms with Crippen molar-refractivity contribution >= 4 is 29.5 Å². The smallest absolute Gasteiger partial charge is 0.356 e. The third-order valence-corrected chi connectivity index (χ3v) is 2.54. The Bertz CT molecular complexity index is 421. The molecule has 0 spiro atoms. The summed E-state index contributed by atoms with van der Waals surface area (Å²) in [5.74, 6) is -1.29. The average Bonchev–Trinajstić information content (AvgIpc) is 2.48. The molecule has 0 atom stereocenters. The van der Waals surface area contributed by atoms with Crippen molar-refractivity contribution in [1.29, 1.82) is 0 Å². The molecule has 1 aromatic rings. The highest BCUT2D eigenvalue weighted by atomic mass is 32.1. The summed E-state index contributed by atoms with van der Waals surface area (Å²) in [5.41, 5.74) is 0.255. The number of Topliss-reactive ketones (excluding diaryl/α,β-unsaturated/α-hetero) is 1. The molecule has 0 radical (unpaired) electrons. The Balaban J connectivity index is 2.62. The molecule has 0 saturated carbocycles. The molecule has 1 aliphatic rings. The van der Waals surface area contributed by atoms with Crippen LogP contribution in [0.15, 0.2) is 4.99 Å². The molecule has 5 nitrogen and oxygen atoms in total. The first-order valence-corrected chi connectivity index (χ1v) is 4.23. The summed E-state index contributed by atoms with van der Waals surface area (Å²) in [6.45, 7) is 0.0915. The first-order chi connectivity index (χ1) is 6.20. The number of hydrogen-bond donors (Lipinski definition) is 1. The number of nitrogens with zero attached hydrogens (tertiary/aromatic N) is 2. The van der Waals surface area contributed by atoms with Crippen molar-refractivity contribution in [1.82, 2.24) is 4.37 Å². The minimum absolute atomic E-state index is 0.0863. The fourth-order valence-corrected chi connectivity index (χ4v) is 1.84. The van der Waals surface area contributed by atoms with E-state index in [9.17, 15) is 9.59 Å². The van der Waals surface area contributed by atoms with E-state index in [1.165, 1.54) is 6.21 Å². The number of carbonyl (C=O) groups is 2. The molecule has 0 bridgehead atoms. The van der Waals surface area contributed by atoms with Crippen molar-refractivity contribution in [3.63, 3.8) is 0 Å². The number of carboxylic acid groups (broad SMARTS) is 1. The van der Waals surface area contributed by atoms with Crippen LogP contribution in [-0.2, 0) is 0 Å². The topological polar surface area (TPSA) is 79.6 Å². The lowest BCUT2D eigenvalue weighted by Crippen LogP contribution is -2.12. The monoisotopic (exact) mass is 196 g/mol. The van der Waals surface area contributed by atoms with Crippen molar-refractivity contribution in [2.45, 2.75) is 0 Å². The van der Waals surface area contributed by atoms with E-state index in [-0.39, 0.29) is 18.0 Å². The van der Waals surface area contributed by atoms with Crippen LogP contribution in [0.1, 0.15) is 25.7 Å². The fraction of sp³-hybridized carbons (Fsp3) is 0.143. The normalized spacial score (nSPS) is 14.3. The van der Waals surface area contributed by atoms with Gasteiger partial charge in [-0.2, -0.15) is 4.37 Å². The van der Waals surface area contributed by atoms with E-state index in [2.05, 4.69) is 9.37 Å².